The summed E-state index contributed by atoms with van der Waals surface area (Å²) < 4.78 is 0. The van der Waals surface area contributed by atoms with Crippen molar-refractivity contribution < 1.29 is 14.7 Å². The van der Waals surface area contributed by atoms with Crippen LogP contribution in [-0.2, 0) is 4.79 Å². The maximum absolute atomic E-state index is 12.2. The summed E-state index contributed by atoms with van der Waals surface area (Å²) in [5.74, 6) is 0.238. The second-order valence-electron chi connectivity index (χ2n) is 5.82. The average molecular weight is 324 g/mol. The number of carbonyl (C=O) groups is 2. The van der Waals surface area contributed by atoms with Crippen LogP contribution in [0.25, 0.3) is 0 Å². The summed E-state index contributed by atoms with van der Waals surface area (Å²) in [5.41, 5.74) is 0. The van der Waals surface area contributed by atoms with Crippen LogP contribution in [0.5, 0.6) is 0 Å². The molecule has 2 unspecified atom stereocenters. The molecule has 2 rings (SSSR count). The number of thiophene rings is 1. The van der Waals surface area contributed by atoms with E-state index in [0.29, 0.717) is 30.8 Å². The quantitative estimate of drug-likeness (QED) is 0.785. The number of hydrogen-bond donors (Lipinski definition) is 2. The fourth-order valence-electron chi connectivity index (χ4n) is 2.72. The Morgan fingerprint density at radius 1 is 1.55 bits per heavy atom. The zero-order valence-electron chi connectivity index (χ0n) is 13.0. The summed E-state index contributed by atoms with van der Waals surface area (Å²) in [5, 5.41) is 14.4. The minimum atomic E-state index is -0.360. The maximum atomic E-state index is 12.2. The molecule has 0 aliphatic carbocycles. The van der Waals surface area contributed by atoms with Gasteiger partial charge in [-0.1, -0.05) is 6.07 Å². The van der Waals surface area contributed by atoms with Gasteiger partial charge >= 0.3 is 0 Å². The van der Waals surface area contributed by atoms with Crippen LogP contribution >= 0.6 is 11.3 Å². The Kier molecular flexibility index (Phi) is 6.39. The molecule has 1 aromatic rings. The van der Waals surface area contributed by atoms with Crippen LogP contribution in [0.4, 0.5) is 0 Å². The van der Waals surface area contributed by atoms with E-state index in [1.807, 2.05) is 16.3 Å². The fourth-order valence-corrected chi connectivity index (χ4v) is 3.36. The van der Waals surface area contributed by atoms with Gasteiger partial charge in [-0.15, -0.1) is 11.3 Å². The highest BCUT2D eigenvalue weighted by atomic mass is 32.1. The highest BCUT2D eigenvalue weighted by Crippen LogP contribution is 2.20. The Labute approximate surface area is 135 Å². The summed E-state index contributed by atoms with van der Waals surface area (Å²) in [4.78, 5) is 26.5. The molecule has 2 amide bonds. The number of piperidine rings is 1. The summed E-state index contributed by atoms with van der Waals surface area (Å²) in [7, 11) is 0. The SMILES string of the molecule is CC(O)C1CCCN(C(=O)CCCNC(=O)c2cccs2)C1. The lowest BCUT2D eigenvalue weighted by Crippen LogP contribution is -2.43. The normalized spacial score (nSPS) is 19.7. The molecule has 5 nitrogen and oxygen atoms in total. The Hall–Kier alpha value is -1.40. The van der Waals surface area contributed by atoms with Gasteiger partial charge < -0.3 is 15.3 Å². The van der Waals surface area contributed by atoms with Gasteiger partial charge in [-0.3, -0.25) is 9.59 Å². The molecule has 1 aliphatic heterocycles. The third-order valence-corrected chi connectivity index (χ3v) is 4.96. The van der Waals surface area contributed by atoms with Crippen molar-refractivity contribution in [3.05, 3.63) is 22.4 Å². The summed E-state index contributed by atoms with van der Waals surface area (Å²) >= 11 is 1.41. The lowest BCUT2D eigenvalue weighted by atomic mass is 9.93. The largest absolute Gasteiger partial charge is 0.393 e. The molecule has 0 saturated carbocycles. The van der Waals surface area contributed by atoms with Crippen LogP contribution in [0.3, 0.4) is 0 Å². The average Bonchev–Trinajstić information content (AvgIpc) is 3.05. The second-order valence-corrected chi connectivity index (χ2v) is 6.77. The molecule has 2 N–H and O–H groups in total. The molecule has 0 bridgehead atoms. The number of hydrogen-bond acceptors (Lipinski definition) is 4. The van der Waals surface area contributed by atoms with Crippen molar-refractivity contribution >= 4 is 23.2 Å². The lowest BCUT2D eigenvalue weighted by Gasteiger charge is -2.34. The minimum absolute atomic E-state index is 0.0745. The lowest BCUT2D eigenvalue weighted by molar-refractivity contribution is -0.133. The predicted molar refractivity (Wildman–Crippen MR) is 86.9 cm³/mol. The first-order valence-electron chi connectivity index (χ1n) is 7.85. The minimum Gasteiger partial charge on any atom is -0.393 e. The number of aliphatic hydroxyl groups is 1. The highest BCUT2D eigenvalue weighted by Gasteiger charge is 2.25. The Morgan fingerprint density at radius 3 is 3.05 bits per heavy atom. The number of nitrogens with zero attached hydrogens (tertiary/aromatic N) is 1. The first kappa shape index (κ1) is 17.0. The van der Waals surface area contributed by atoms with Gasteiger partial charge in [0.2, 0.25) is 5.91 Å². The Morgan fingerprint density at radius 2 is 2.36 bits per heavy atom. The molecule has 0 radical (unpaired) electrons. The molecule has 122 valence electrons. The molecule has 1 aliphatic rings. The van der Waals surface area contributed by atoms with Crippen molar-refractivity contribution in [2.75, 3.05) is 19.6 Å². The monoisotopic (exact) mass is 324 g/mol. The third-order valence-electron chi connectivity index (χ3n) is 4.09. The molecule has 1 aromatic heterocycles. The van der Waals surface area contributed by atoms with Crippen LogP contribution in [-0.4, -0.2) is 47.6 Å². The van der Waals surface area contributed by atoms with Gasteiger partial charge in [-0.25, -0.2) is 0 Å². The highest BCUT2D eigenvalue weighted by molar-refractivity contribution is 7.12. The molecular formula is C16H24N2O3S. The van der Waals surface area contributed by atoms with E-state index in [1.54, 1.807) is 13.0 Å². The Bertz CT molecular complexity index is 488. The summed E-state index contributed by atoms with van der Waals surface area (Å²) in [6.07, 6.45) is 2.67. The van der Waals surface area contributed by atoms with Gasteiger partial charge in [-0.2, -0.15) is 0 Å². The predicted octanol–water partition coefficient (Wildman–Crippen LogP) is 1.88. The number of rotatable bonds is 6. The van der Waals surface area contributed by atoms with Crippen molar-refractivity contribution in [3.63, 3.8) is 0 Å². The fraction of sp³-hybridized carbons (Fsp3) is 0.625. The van der Waals surface area contributed by atoms with E-state index in [9.17, 15) is 14.7 Å². The van der Waals surface area contributed by atoms with E-state index >= 15 is 0 Å². The molecule has 1 saturated heterocycles. The zero-order valence-corrected chi connectivity index (χ0v) is 13.8. The van der Waals surface area contributed by atoms with E-state index in [-0.39, 0.29) is 23.8 Å². The van der Waals surface area contributed by atoms with Crippen molar-refractivity contribution in [2.45, 2.75) is 38.7 Å². The number of nitrogens with one attached hydrogen (secondary N) is 1. The maximum Gasteiger partial charge on any atom is 0.261 e. The van der Waals surface area contributed by atoms with Crippen molar-refractivity contribution in [1.29, 1.82) is 0 Å². The van der Waals surface area contributed by atoms with Gasteiger partial charge in [0.15, 0.2) is 0 Å². The third kappa shape index (κ3) is 4.81. The summed E-state index contributed by atoms with van der Waals surface area (Å²) in [6, 6.07) is 3.63. The van der Waals surface area contributed by atoms with Crippen LogP contribution in [0.1, 0.15) is 42.3 Å². The first-order valence-corrected chi connectivity index (χ1v) is 8.73. The molecular weight excluding hydrogens is 300 g/mol. The smallest absolute Gasteiger partial charge is 0.261 e. The standard InChI is InChI=1S/C16H24N2O3S/c1-12(19)13-5-3-9-18(11-13)15(20)7-2-8-17-16(21)14-6-4-10-22-14/h4,6,10,12-13,19H,2-3,5,7-9,11H2,1H3,(H,17,21). The van der Waals surface area contributed by atoms with Gasteiger partial charge in [-0.05, 0) is 37.6 Å². The molecule has 0 spiro atoms. The van der Waals surface area contributed by atoms with E-state index < -0.39 is 0 Å². The second kappa shape index (κ2) is 8.29. The van der Waals surface area contributed by atoms with Gasteiger partial charge in [0, 0.05) is 32.0 Å². The molecule has 6 heteroatoms. The van der Waals surface area contributed by atoms with E-state index in [1.165, 1.54) is 11.3 Å². The van der Waals surface area contributed by atoms with E-state index in [2.05, 4.69) is 5.32 Å². The molecule has 2 heterocycles. The van der Waals surface area contributed by atoms with Crippen molar-refractivity contribution in [2.24, 2.45) is 5.92 Å². The van der Waals surface area contributed by atoms with Gasteiger partial charge in [0.05, 0.1) is 11.0 Å². The van der Waals surface area contributed by atoms with Gasteiger partial charge in [0.1, 0.15) is 0 Å². The molecule has 22 heavy (non-hydrogen) atoms. The number of aliphatic hydroxyl groups excluding tert-OH is 1. The van der Waals surface area contributed by atoms with Crippen LogP contribution < -0.4 is 5.32 Å². The van der Waals surface area contributed by atoms with E-state index in [4.69, 9.17) is 0 Å². The topological polar surface area (TPSA) is 69.6 Å². The van der Waals surface area contributed by atoms with Crippen LogP contribution in [0, 0.1) is 5.92 Å². The van der Waals surface area contributed by atoms with Gasteiger partial charge in [0.25, 0.3) is 5.91 Å². The Balaban J connectivity index is 1.66. The first-order chi connectivity index (χ1) is 10.6. The molecule has 0 aromatic carbocycles. The molecule has 1 fully saturated rings. The zero-order chi connectivity index (χ0) is 15.9. The molecule has 2 atom stereocenters. The number of carbonyl (C=O) groups excluding carboxylic acids is 2. The van der Waals surface area contributed by atoms with Crippen LogP contribution in [0.15, 0.2) is 17.5 Å². The van der Waals surface area contributed by atoms with Crippen LogP contribution in [0.2, 0.25) is 0 Å². The van der Waals surface area contributed by atoms with Crippen molar-refractivity contribution in [3.8, 4) is 0 Å². The number of amides is 2. The van der Waals surface area contributed by atoms with Crippen molar-refractivity contribution in [1.82, 2.24) is 10.2 Å². The number of likely N-dealkylation sites (tertiary alicyclic amines) is 1. The van der Waals surface area contributed by atoms with E-state index in [0.717, 1.165) is 19.4 Å². The summed E-state index contributed by atoms with van der Waals surface area (Å²) in [6.45, 7) is 3.73.